The van der Waals surface area contributed by atoms with Crippen molar-refractivity contribution < 1.29 is 5.11 Å². The van der Waals surface area contributed by atoms with E-state index in [9.17, 15) is 5.11 Å². The van der Waals surface area contributed by atoms with Crippen molar-refractivity contribution in [1.29, 1.82) is 0 Å². The lowest BCUT2D eigenvalue weighted by Crippen LogP contribution is -2.43. The van der Waals surface area contributed by atoms with Crippen LogP contribution in [-0.2, 0) is 6.42 Å². The van der Waals surface area contributed by atoms with Gasteiger partial charge in [0.2, 0.25) is 0 Å². The summed E-state index contributed by atoms with van der Waals surface area (Å²) in [6, 6.07) is 9.08. The zero-order chi connectivity index (χ0) is 13.0. The first kappa shape index (κ1) is 12.0. The Hall–Kier alpha value is -0.820. The second-order valence-electron chi connectivity index (χ2n) is 7.25. The van der Waals surface area contributed by atoms with Crippen molar-refractivity contribution in [3.63, 3.8) is 0 Å². The Labute approximate surface area is 116 Å². The van der Waals surface area contributed by atoms with Crippen molar-refractivity contribution >= 4 is 0 Å². The minimum absolute atomic E-state index is 0.0457. The molecule has 0 aromatic heterocycles. The summed E-state index contributed by atoms with van der Waals surface area (Å²) in [7, 11) is 0. The highest BCUT2D eigenvalue weighted by atomic mass is 16.3. The fraction of sp³-hybridized carbons (Fsp3) is 0.667. The molecule has 0 unspecified atom stereocenters. The van der Waals surface area contributed by atoms with E-state index in [1.807, 2.05) is 0 Å². The molecule has 0 radical (unpaired) electrons. The molecule has 1 heteroatoms. The summed E-state index contributed by atoms with van der Waals surface area (Å²) < 4.78 is 0. The van der Waals surface area contributed by atoms with Crippen LogP contribution in [0.5, 0.6) is 0 Å². The van der Waals surface area contributed by atoms with Crippen LogP contribution in [0.25, 0.3) is 0 Å². The summed E-state index contributed by atoms with van der Waals surface area (Å²) in [5.41, 5.74) is 3.43. The van der Waals surface area contributed by atoms with Gasteiger partial charge in [0, 0.05) is 0 Å². The van der Waals surface area contributed by atoms with Crippen LogP contribution in [-0.4, -0.2) is 11.2 Å². The Bertz CT molecular complexity index is 494. The SMILES string of the molecule is C[C@]12CC[C@@H]3c4ccccc4CC[C@H]3[C@@H]1CC[C@H]2O. The summed E-state index contributed by atoms with van der Waals surface area (Å²) in [6.07, 6.45) is 7.33. The number of hydrogen-bond donors (Lipinski definition) is 1. The molecule has 1 nitrogen and oxygen atoms in total. The Morgan fingerprint density at radius 1 is 1.11 bits per heavy atom. The van der Waals surface area contributed by atoms with E-state index >= 15 is 0 Å². The lowest BCUT2D eigenvalue weighted by Gasteiger charge is -2.50. The van der Waals surface area contributed by atoms with Gasteiger partial charge in [0.1, 0.15) is 0 Å². The van der Waals surface area contributed by atoms with E-state index in [1.54, 1.807) is 11.1 Å². The van der Waals surface area contributed by atoms with E-state index in [1.165, 1.54) is 32.1 Å². The first-order valence-electron chi connectivity index (χ1n) is 7.96. The third kappa shape index (κ3) is 1.57. The van der Waals surface area contributed by atoms with E-state index in [2.05, 4.69) is 31.2 Å². The summed E-state index contributed by atoms with van der Waals surface area (Å²) >= 11 is 0. The maximum atomic E-state index is 10.4. The molecule has 0 heterocycles. The monoisotopic (exact) mass is 256 g/mol. The fourth-order valence-corrected chi connectivity index (χ4v) is 5.49. The predicted octanol–water partition coefficient (Wildman–Crippen LogP) is 3.90. The van der Waals surface area contributed by atoms with Gasteiger partial charge < -0.3 is 5.11 Å². The third-order valence-corrected chi connectivity index (χ3v) is 6.59. The number of benzene rings is 1. The van der Waals surface area contributed by atoms with Crippen LogP contribution in [0.3, 0.4) is 0 Å². The lowest BCUT2D eigenvalue weighted by molar-refractivity contribution is -0.0226. The first-order chi connectivity index (χ1) is 9.20. The maximum Gasteiger partial charge on any atom is 0.0596 e. The average molecular weight is 256 g/mol. The van der Waals surface area contributed by atoms with Crippen molar-refractivity contribution in [2.75, 3.05) is 0 Å². The normalized spacial score (nSPS) is 44.3. The molecule has 1 aromatic rings. The Kier molecular flexibility index (Phi) is 2.57. The van der Waals surface area contributed by atoms with Gasteiger partial charge in [0.25, 0.3) is 0 Å². The Balaban J connectivity index is 1.72. The fourth-order valence-electron chi connectivity index (χ4n) is 5.49. The topological polar surface area (TPSA) is 20.2 Å². The number of aliphatic hydroxyl groups excluding tert-OH is 1. The molecule has 0 spiro atoms. The second kappa shape index (κ2) is 4.09. The third-order valence-electron chi connectivity index (χ3n) is 6.59. The lowest BCUT2D eigenvalue weighted by atomic mass is 9.55. The molecule has 0 amide bonds. The quantitative estimate of drug-likeness (QED) is 0.746. The highest BCUT2D eigenvalue weighted by Gasteiger charge is 2.54. The zero-order valence-corrected chi connectivity index (χ0v) is 11.8. The number of rotatable bonds is 0. The molecular weight excluding hydrogens is 232 g/mol. The van der Waals surface area contributed by atoms with Crippen LogP contribution >= 0.6 is 0 Å². The smallest absolute Gasteiger partial charge is 0.0596 e. The van der Waals surface area contributed by atoms with Crippen molar-refractivity contribution in [3.8, 4) is 0 Å². The molecule has 2 fully saturated rings. The molecule has 4 rings (SSSR count). The van der Waals surface area contributed by atoms with Gasteiger partial charge in [0.15, 0.2) is 0 Å². The number of hydrogen-bond acceptors (Lipinski definition) is 1. The van der Waals surface area contributed by atoms with E-state index in [0.29, 0.717) is 0 Å². The Morgan fingerprint density at radius 3 is 2.84 bits per heavy atom. The summed E-state index contributed by atoms with van der Waals surface area (Å²) in [5, 5.41) is 10.4. The molecule has 1 aromatic carbocycles. The van der Waals surface area contributed by atoms with Crippen LogP contribution in [0.1, 0.15) is 56.1 Å². The summed E-state index contributed by atoms with van der Waals surface area (Å²) in [6.45, 7) is 2.35. The second-order valence-corrected chi connectivity index (χ2v) is 7.25. The molecule has 19 heavy (non-hydrogen) atoms. The van der Waals surface area contributed by atoms with Gasteiger partial charge in [-0.25, -0.2) is 0 Å². The minimum Gasteiger partial charge on any atom is -0.393 e. The van der Waals surface area contributed by atoms with E-state index in [0.717, 1.165) is 24.2 Å². The van der Waals surface area contributed by atoms with Gasteiger partial charge in [-0.2, -0.15) is 0 Å². The van der Waals surface area contributed by atoms with Gasteiger partial charge in [0.05, 0.1) is 6.10 Å². The molecule has 102 valence electrons. The molecular formula is C18H24O. The van der Waals surface area contributed by atoms with Crippen molar-refractivity contribution in [3.05, 3.63) is 35.4 Å². The molecule has 5 atom stereocenters. The van der Waals surface area contributed by atoms with E-state index in [-0.39, 0.29) is 11.5 Å². The largest absolute Gasteiger partial charge is 0.393 e. The predicted molar refractivity (Wildman–Crippen MR) is 77.1 cm³/mol. The molecule has 0 saturated heterocycles. The van der Waals surface area contributed by atoms with Crippen molar-refractivity contribution in [2.24, 2.45) is 17.3 Å². The Morgan fingerprint density at radius 2 is 1.95 bits per heavy atom. The van der Waals surface area contributed by atoms with Crippen molar-refractivity contribution in [1.82, 2.24) is 0 Å². The van der Waals surface area contributed by atoms with E-state index < -0.39 is 0 Å². The van der Waals surface area contributed by atoms with Crippen LogP contribution in [0, 0.1) is 17.3 Å². The standard InChI is InChI=1S/C18H24O/c1-18-11-10-14-13-5-3-2-4-12(13)6-7-15(14)16(18)8-9-17(18)19/h2-5,14-17,19H,6-11H2,1H3/t14-,15-,16+,17-,18+/m1/s1. The van der Waals surface area contributed by atoms with Crippen LogP contribution < -0.4 is 0 Å². The molecule has 3 aliphatic rings. The maximum absolute atomic E-state index is 10.4. The first-order valence-corrected chi connectivity index (χ1v) is 7.96. The van der Waals surface area contributed by atoms with Gasteiger partial charge in [-0.05, 0) is 72.8 Å². The van der Waals surface area contributed by atoms with Crippen LogP contribution in [0.2, 0.25) is 0 Å². The molecule has 3 aliphatic carbocycles. The molecule has 0 bridgehead atoms. The van der Waals surface area contributed by atoms with Gasteiger partial charge in [-0.1, -0.05) is 31.2 Å². The number of fused-ring (bicyclic) bond motifs is 5. The number of aryl methyl sites for hydroxylation is 1. The van der Waals surface area contributed by atoms with Crippen LogP contribution in [0.15, 0.2) is 24.3 Å². The molecule has 0 aliphatic heterocycles. The van der Waals surface area contributed by atoms with Gasteiger partial charge in [-0.3, -0.25) is 0 Å². The van der Waals surface area contributed by atoms with Gasteiger partial charge in [-0.15, -0.1) is 0 Å². The van der Waals surface area contributed by atoms with E-state index in [4.69, 9.17) is 0 Å². The van der Waals surface area contributed by atoms with Crippen LogP contribution in [0.4, 0.5) is 0 Å². The molecule has 2 saturated carbocycles. The molecule has 1 N–H and O–H groups in total. The van der Waals surface area contributed by atoms with Crippen molar-refractivity contribution in [2.45, 2.75) is 57.5 Å². The summed E-state index contributed by atoms with van der Waals surface area (Å²) in [4.78, 5) is 0. The zero-order valence-electron chi connectivity index (χ0n) is 11.8. The summed E-state index contributed by atoms with van der Waals surface area (Å²) in [5.74, 6) is 2.36. The minimum atomic E-state index is -0.0457. The average Bonchev–Trinajstić information content (AvgIpc) is 2.75. The highest BCUT2D eigenvalue weighted by Crippen LogP contribution is 2.60. The van der Waals surface area contributed by atoms with Gasteiger partial charge >= 0.3 is 0 Å². The highest BCUT2D eigenvalue weighted by molar-refractivity contribution is 5.34. The number of aliphatic hydroxyl groups is 1.